The van der Waals surface area contributed by atoms with Gasteiger partial charge in [-0.3, -0.25) is 9.36 Å². The molecule has 0 aliphatic rings. The number of aromatic nitrogens is 2. The highest BCUT2D eigenvalue weighted by Gasteiger charge is 2.32. The third kappa shape index (κ3) is 4.14. The fraction of sp³-hybridized carbons (Fsp3) is 0.333. The van der Waals surface area contributed by atoms with E-state index in [1.165, 1.54) is 28.1 Å². The van der Waals surface area contributed by atoms with Crippen LogP contribution in [-0.2, 0) is 21.3 Å². The summed E-state index contributed by atoms with van der Waals surface area (Å²) in [6, 6.07) is 10.8. The molecule has 3 rings (SSSR count). The maximum Gasteiger partial charge on any atom is 0.261 e. The van der Waals surface area contributed by atoms with Crippen LogP contribution in [0.2, 0.25) is 0 Å². The quantitative estimate of drug-likeness (QED) is 0.546. The summed E-state index contributed by atoms with van der Waals surface area (Å²) < 4.78 is 47.8. The molecule has 1 heterocycles. The molecule has 1 unspecified atom stereocenters. The number of para-hydroxylation sites is 1. The van der Waals surface area contributed by atoms with Gasteiger partial charge in [0, 0.05) is 20.2 Å². The number of hydrogen-bond acceptors (Lipinski definition) is 5. The summed E-state index contributed by atoms with van der Waals surface area (Å²) in [7, 11) is -2.52. The molecular formula is C21H24FN3O4S. The van der Waals surface area contributed by atoms with E-state index in [4.69, 9.17) is 4.74 Å². The number of methoxy groups -OCH3 is 1. The minimum atomic E-state index is -4.00. The minimum absolute atomic E-state index is 0.0435. The molecule has 0 spiro atoms. The van der Waals surface area contributed by atoms with Crippen molar-refractivity contribution in [3.8, 4) is 0 Å². The van der Waals surface area contributed by atoms with Crippen LogP contribution in [0.3, 0.4) is 0 Å². The summed E-state index contributed by atoms with van der Waals surface area (Å²) in [5.41, 5.74) is 0.274. The fourth-order valence-electron chi connectivity index (χ4n) is 3.38. The number of benzene rings is 2. The summed E-state index contributed by atoms with van der Waals surface area (Å²) in [6.07, 6.45) is 0. The van der Waals surface area contributed by atoms with Crippen LogP contribution < -0.4 is 5.56 Å². The van der Waals surface area contributed by atoms with E-state index in [9.17, 15) is 17.6 Å². The number of ether oxygens (including phenoxy) is 1. The molecule has 0 aliphatic heterocycles. The number of fused-ring (bicyclic) bond motifs is 1. The molecule has 1 atom stereocenters. The summed E-state index contributed by atoms with van der Waals surface area (Å²) in [6.45, 7) is 4.02. The van der Waals surface area contributed by atoms with Crippen molar-refractivity contribution in [2.45, 2.75) is 31.3 Å². The van der Waals surface area contributed by atoms with Gasteiger partial charge in [0.05, 0.1) is 28.4 Å². The van der Waals surface area contributed by atoms with E-state index >= 15 is 0 Å². The number of rotatable bonds is 8. The molecule has 0 bridgehead atoms. The van der Waals surface area contributed by atoms with Gasteiger partial charge in [-0.1, -0.05) is 12.1 Å². The molecule has 0 amide bonds. The summed E-state index contributed by atoms with van der Waals surface area (Å²) in [4.78, 5) is 17.5. The molecule has 160 valence electrons. The largest absolute Gasteiger partial charge is 0.383 e. The van der Waals surface area contributed by atoms with Crippen LogP contribution in [0, 0.1) is 5.82 Å². The van der Waals surface area contributed by atoms with Crippen molar-refractivity contribution < 1.29 is 17.5 Å². The fourth-order valence-corrected chi connectivity index (χ4v) is 4.96. The Balaban J connectivity index is 2.15. The smallest absolute Gasteiger partial charge is 0.261 e. The molecule has 0 fully saturated rings. The van der Waals surface area contributed by atoms with Crippen molar-refractivity contribution in [3.05, 3.63) is 70.5 Å². The van der Waals surface area contributed by atoms with Gasteiger partial charge in [0.25, 0.3) is 5.56 Å². The maximum absolute atomic E-state index is 13.3. The van der Waals surface area contributed by atoms with Crippen LogP contribution in [0.15, 0.2) is 58.2 Å². The Morgan fingerprint density at radius 1 is 1.17 bits per heavy atom. The number of hydrogen-bond donors (Lipinski definition) is 0. The van der Waals surface area contributed by atoms with Gasteiger partial charge >= 0.3 is 0 Å². The predicted octanol–water partition coefficient (Wildman–Crippen LogP) is 2.95. The van der Waals surface area contributed by atoms with E-state index in [-0.39, 0.29) is 23.6 Å². The van der Waals surface area contributed by atoms with E-state index in [0.717, 1.165) is 12.1 Å². The Bertz CT molecular complexity index is 1190. The van der Waals surface area contributed by atoms with E-state index in [1.807, 2.05) is 6.92 Å². The lowest BCUT2D eigenvalue weighted by atomic mass is 10.2. The lowest BCUT2D eigenvalue weighted by Crippen LogP contribution is -2.39. The van der Waals surface area contributed by atoms with E-state index in [0.29, 0.717) is 23.3 Å². The molecule has 30 heavy (non-hydrogen) atoms. The van der Waals surface area contributed by atoms with Gasteiger partial charge in [0.1, 0.15) is 11.6 Å². The highest BCUT2D eigenvalue weighted by molar-refractivity contribution is 7.89. The van der Waals surface area contributed by atoms with Crippen LogP contribution in [0.5, 0.6) is 0 Å². The highest BCUT2D eigenvalue weighted by Crippen LogP contribution is 2.27. The lowest BCUT2D eigenvalue weighted by Gasteiger charge is -2.29. The molecule has 0 aliphatic carbocycles. The van der Waals surface area contributed by atoms with Gasteiger partial charge in [0.2, 0.25) is 10.0 Å². The second kappa shape index (κ2) is 9.03. The Morgan fingerprint density at radius 2 is 1.83 bits per heavy atom. The van der Waals surface area contributed by atoms with Gasteiger partial charge in [-0.25, -0.2) is 17.8 Å². The Hall–Kier alpha value is -2.62. The van der Waals surface area contributed by atoms with Crippen molar-refractivity contribution in [2.24, 2.45) is 0 Å². The Kier molecular flexibility index (Phi) is 6.64. The topological polar surface area (TPSA) is 81.5 Å². The van der Waals surface area contributed by atoms with Crippen molar-refractivity contribution in [2.75, 3.05) is 20.3 Å². The molecule has 9 heteroatoms. The first-order valence-corrected chi connectivity index (χ1v) is 11.0. The predicted molar refractivity (Wildman–Crippen MR) is 112 cm³/mol. The average Bonchev–Trinajstić information content (AvgIpc) is 2.74. The Labute approximate surface area is 174 Å². The molecule has 0 N–H and O–H groups in total. The first-order valence-electron chi connectivity index (χ1n) is 9.57. The zero-order valence-electron chi connectivity index (χ0n) is 17.1. The second-order valence-electron chi connectivity index (χ2n) is 6.78. The van der Waals surface area contributed by atoms with E-state index in [2.05, 4.69) is 4.98 Å². The molecule has 0 saturated carbocycles. The molecule has 2 aromatic carbocycles. The third-order valence-electron chi connectivity index (χ3n) is 4.95. The standard InChI is InChI=1S/C21H24FN3O4S/c1-4-24-20(23-19-8-6-5-7-18(19)21(24)26)15(2)25(13-14-29-3)30(27,28)17-11-9-16(22)10-12-17/h5-12,15H,4,13-14H2,1-3H3. The second-order valence-corrected chi connectivity index (χ2v) is 8.67. The number of halogens is 1. The summed E-state index contributed by atoms with van der Waals surface area (Å²) in [5, 5.41) is 0.472. The van der Waals surface area contributed by atoms with Gasteiger partial charge in [-0.05, 0) is 50.2 Å². The van der Waals surface area contributed by atoms with E-state index < -0.39 is 21.9 Å². The van der Waals surface area contributed by atoms with Gasteiger partial charge in [-0.2, -0.15) is 4.31 Å². The minimum Gasteiger partial charge on any atom is -0.383 e. The summed E-state index contributed by atoms with van der Waals surface area (Å²) >= 11 is 0. The van der Waals surface area contributed by atoms with E-state index in [1.54, 1.807) is 31.2 Å². The number of nitrogens with zero attached hydrogens (tertiary/aromatic N) is 3. The first-order chi connectivity index (χ1) is 14.3. The van der Waals surface area contributed by atoms with Crippen molar-refractivity contribution >= 4 is 20.9 Å². The van der Waals surface area contributed by atoms with Crippen LogP contribution in [0.25, 0.3) is 10.9 Å². The van der Waals surface area contributed by atoms with Crippen LogP contribution >= 0.6 is 0 Å². The summed E-state index contributed by atoms with van der Waals surface area (Å²) in [5.74, 6) is -0.190. The third-order valence-corrected chi connectivity index (χ3v) is 6.93. The molecule has 3 aromatic rings. The van der Waals surface area contributed by atoms with Crippen molar-refractivity contribution in [1.29, 1.82) is 0 Å². The van der Waals surface area contributed by atoms with Gasteiger partial charge in [-0.15, -0.1) is 0 Å². The normalized spacial score (nSPS) is 13.1. The monoisotopic (exact) mass is 433 g/mol. The van der Waals surface area contributed by atoms with Crippen LogP contribution in [0.1, 0.15) is 25.7 Å². The zero-order valence-corrected chi connectivity index (χ0v) is 17.9. The average molecular weight is 434 g/mol. The molecular weight excluding hydrogens is 409 g/mol. The zero-order chi connectivity index (χ0) is 21.9. The molecule has 0 radical (unpaired) electrons. The van der Waals surface area contributed by atoms with Crippen LogP contribution in [-0.4, -0.2) is 42.5 Å². The van der Waals surface area contributed by atoms with Crippen LogP contribution in [0.4, 0.5) is 4.39 Å². The van der Waals surface area contributed by atoms with Crippen molar-refractivity contribution in [3.63, 3.8) is 0 Å². The van der Waals surface area contributed by atoms with Gasteiger partial charge < -0.3 is 4.74 Å². The molecule has 0 saturated heterocycles. The lowest BCUT2D eigenvalue weighted by molar-refractivity contribution is 0.166. The number of sulfonamides is 1. The maximum atomic E-state index is 13.3. The SMILES string of the molecule is CCn1c(C(C)N(CCOC)S(=O)(=O)c2ccc(F)cc2)nc2ccccc2c1=O. The first kappa shape index (κ1) is 22.1. The molecule has 7 nitrogen and oxygen atoms in total. The highest BCUT2D eigenvalue weighted by atomic mass is 32.2. The van der Waals surface area contributed by atoms with Crippen molar-refractivity contribution in [1.82, 2.24) is 13.9 Å². The van der Waals surface area contributed by atoms with Gasteiger partial charge in [0.15, 0.2) is 0 Å². The Morgan fingerprint density at radius 3 is 2.47 bits per heavy atom. The molecule has 1 aromatic heterocycles.